The van der Waals surface area contributed by atoms with Gasteiger partial charge in [-0.1, -0.05) is 38.2 Å². The lowest BCUT2D eigenvalue weighted by Crippen LogP contribution is -2.52. The molecule has 3 heteroatoms. The van der Waals surface area contributed by atoms with Crippen LogP contribution in [0.3, 0.4) is 0 Å². The highest BCUT2D eigenvalue weighted by Crippen LogP contribution is 2.31. The number of aliphatic hydroxyl groups excluding tert-OH is 1. The Bertz CT molecular complexity index is 306. The van der Waals surface area contributed by atoms with Gasteiger partial charge in [-0.2, -0.15) is 0 Å². The lowest BCUT2D eigenvalue weighted by Gasteiger charge is -2.34. The second-order valence-electron chi connectivity index (χ2n) is 6.40. The smallest absolute Gasteiger partial charge is 0.161 e. The molecule has 19 heavy (non-hydrogen) atoms. The van der Waals surface area contributed by atoms with E-state index in [-0.39, 0.29) is 0 Å². The number of allylic oxidation sites excluding steroid dienone is 1. The van der Waals surface area contributed by atoms with E-state index in [2.05, 4.69) is 0 Å². The summed E-state index contributed by atoms with van der Waals surface area (Å²) in [6, 6.07) is 0. The zero-order valence-electron chi connectivity index (χ0n) is 12.0. The summed E-state index contributed by atoms with van der Waals surface area (Å²) < 4.78 is 0. The van der Waals surface area contributed by atoms with Gasteiger partial charge in [-0.05, 0) is 50.0 Å². The first kappa shape index (κ1) is 15.0. The summed E-state index contributed by atoms with van der Waals surface area (Å²) in [7, 11) is 0. The minimum atomic E-state index is -1.50. The molecule has 2 aliphatic carbocycles. The van der Waals surface area contributed by atoms with Crippen LogP contribution in [0.25, 0.3) is 0 Å². The number of rotatable bonds is 5. The van der Waals surface area contributed by atoms with Crippen molar-refractivity contribution < 1.29 is 10.2 Å². The highest BCUT2D eigenvalue weighted by molar-refractivity contribution is 5.18. The average Bonchev–Trinajstić information content (AvgIpc) is 2.46. The lowest BCUT2D eigenvalue weighted by molar-refractivity contribution is -0.0527. The molecule has 1 fully saturated rings. The van der Waals surface area contributed by atoms with Crippen molar-refractivity contribution in [3.05, 3.63) is 11.6 Å². The van der Waals surface area contributed by atoms with Gasteiger partial charge in [0.05, 0.1) is 0 Å². The lowest BCUT2D eigenvalue weighted by atomic mass is 9.82. The van der Waals surface area contributed by atoms with Crippen LogP contribution in [0.5, 0.6) is 0 Å². The molecule has 0 heterocycles. The number of hydrogen-bond donors (Lipinski definition) is 3. The highest BCUT2D eigenvalue weighted by atomic mass is 16.4. The summed E-state index contributed by atoms with van der Waals surface area (Å²) in [5.41, 5.74) is 5.33. The maximum absolute atomic E-state index is 10.4. The zero-order valence-corrected chi connectivity index (χ0v) is 12.0. The first-order chi connectivity index (χ1) is 9.10. The highest BCUT2D eigenvalue weighted by Gasteiger charge is 2.35. The first-order valence-electron chi connectivity index (χ1n) is 7.99. The van der Waals surface area contributed by atoms with Crippen LogP contribution in [-0.2, 0) is 0 Å². The summed E-state index contributed by atoms with van der Waals surface area (Å²) in [5, 5.41) is 20.6. The Kier molecular flexibility index (Phi) is 5.43. The molecule has 0 bridgehead atoms. The van der Waals surface area contributed by atoms with Gasteiger partial charge in [-0.25, -0.2) is 0 Å². The van der Waals surface area contributed by atoms with Crippen LogP contribution in [0.4, 0.5) is 0 Å². The van der Waals surface area contributed by atoms with E-state index in [1.807, 2.05) is 6.08 Å². The van der Waals surface area contributed by atoms with E-state index < -0.39 is 11.8 Å². The monoisotopic (exact) mass is 267 g/mol. The van der Waals surface area contributed by atoms with Gasteiger partial charge in [0.1, 0.15) is 6.10 Å². The van der Waals surface area contributed by atoms with E-state index in [9.17, 15) is 10.2 Å². The van der Waals surface area contributed by atoms with Gasteiger partial charge in [0.2, 0.25) is 0 Å². The molecule has 2 atom stereocenters. The fourth-order valence-corrected chi connectivity index (χ4v) is 3.51. The Morgan fingerprint density at radius 1 is 1.21 bits per heavy atom. The van der Waals surface area contributed by atoms with E-state index >= 15 is 0 Å². The van der Waals surface area contributed by atoms with Crippen LogP contribution >= 0.6 is 0 Å². The van der Waals surface area contributed by atoms with Crippen LogP contribution in [0, 0.1) is 5.92 Å². The molecule has 2 unspecified atom stereocenters. The van der Waals surface area contributed by atoms with E-state index in [0.717, 1.165) is 43.6 Å². The molecule has 4 N–H and O–H groups in total. The maximum atomic E-state index is 10.4. The van der Waals surface area contributed by atoms with E-state index in [1.165, 1.54) is 32.1 Å². The van der Waals surface area contributed by atoms with Crippen molar-refractivity contribution in [2.45, 2.75) is 82.5 Å². The molecule has 0 spiro atoms. The normalized spacial score (nSPS) is 26.6. The average molecular weight is 267 g/mol. The molecule has 0 aliphatic heterocycles. The molecule has 0 aromatic carbocycles. The minimum absolute atomic E-state index is 0.620. The molecule has 0 radical (unpaired) electrons. The Balaban J connectivity index is 1.83. The molecule has 0 aromatic heterocycles. The summed E-state index contributed by atoms with van der Waals surface area (Å²) in [4.78, 5) is 0. The molecule has 0 aromatic rings. The maximum Gasteiger partial charge on any atom is 0.161 e. The second-order valence-corrected chi connectivity index (χ2v) is 6.40. The molecule has 2 rings (SSSR count). The Morgan fingerprint density at radius 2 is 1.95 bits per heavy atom. The van der Waals surface area contributed by atoms with Crippen LogP contribution in [-0.4, -0.2) is 22.0 Å². The van der Waals surface area contributed by atoms with Crippen molar-refractivity contribution in [2.75, 3.05) is 0 Å². The summed E-state index contributed by atoms with van der Waals surface area (Å²) in [5.74, 6) is 0.722. The fraction of sp³-hybridized carbons (Fsp3) is 0.875. The third kappa shape index (κ3) is 4.04. The van der Waals surface area contributed by atoms with E-state index in [4.69, 9.17) is 5.73 Å². The molecule has 2 aliphatic rings. The Morgan fingerprint density at radius 3 is 2.58 bits per heavy atom. The zero-order chi connectivity index (χ0) is 13.7. The molecule has 110 valence electrons. The molecule has 1 saturated carbocycles. The Hall–Kier alpha value is -0.380. The van der Waals surface area contributed by atoms with E-state index in [0.29, 0.717) is 6.42 Å². The van der Waals surface area contributed by atoms with Crippen LogP contribution in [0.2, 0.25) is 0 Å². The van der Waals surface area contributed by atoms with Crippen molar-refractivity contribution in [1.82, 2.24) is 0 Å². The van der Waals surface area contributed by atoms with Crippen molar-refractivity contribution in [1.29, 1.82) is 0 Å². The predicted octanol–water partition coefficient (Wildman–Crippen LogP) is 2.86. The molecular weight excluding hydrogens is 238 g/mol. The summed E-state index contributed by atoms with van der Waals surface area (Å²) in [6.07, 6.45) is 13.4. The largest absolute Gasteiger partial charge is 0.388 e. The molecule has 0 amide bonds. The topological polar surface area (TPSA) is 66.5 Å². The van der Waals surface area contributed by atoms with Crippen molar-refractivity contribution in [2.24, 2.45) is 11.7 Å². The van der Waals surface area contributed by atoms with Crippen molar-refractivity contribution in [3.8, 4) is 0 Å². The SMILES string of the molecule is NC(O)(C1=CCCCC1)C(O)CCC1CCCCC1. The predicted molar refractivity (Wildman–Crippen MR) is 77.5 cm³/mol. The van der Waals surface area contributed by atoms with Crippen LogP contribution in [0.15, 0.2) is 11.6 Å². The van der Waals surface area contributed by atoms with Gasteiger partial charge in [0.15, 0.2) is 5.72 Å². The summed E-state index contributed by atoms with van der Waals surface area (Å²) in [6.45, 7) is 0. The van der Waals surface area contributed by atoms with Crippen LogP contribution in [0.1, 0.15) is 70.6 Å². The number of hydrogen-bond acceptors (Lipinski definition) is 3. The van der Waals surface area contributed by atoms with Crippen LogP contribution < -0.4 is 5.73 Å². The number of aliphatic hydroxyl groups is 2. The van der Waals surface area contributed by atoms with Gasteiger partial charge in [0, 0.05) is 0 Å². The van der Waals surface area contributed by atoms with Crippen molar-refractivity contribution >= 4 is 0 Å². The standard InChI is InChI=1S/C16H29NO2/c17-16(19,14-9-5-2-6-10-14)15(18)12-11-13-7-3-1-4-8-13/h9,13,15,18-19H,1-8,10-12,17H2. The van der Waals surface area contributed by atoms with Gasteiger partial charge < -0.3 is 10.2 Å². The summed E-state index contributed by atoms with van der Waals surface area (Å²) >= 11 is 0. The Labute approximate surface area is 116 Å². The molecule has 3 nitrogen and oxygen atoms in total. The number of nitrogens with two attached hydrogens (primary N) is 1. The second kappa shape index (κ2) is 6.87. The van der Waals surface area contributed by atoms with Gasteiger partial charge in [0.25, 0.3) is 0 Å². The van der Waals surface area contributed by atoms with Crippen molar-refractivity contribution in [3.63, 3.8) is 0 Å². The minimum Gasteiger partial charge on any atom is -0.388 e. The van der Waals surface area contributed by atoms with Gasteiger partial charge >= 0.3 is 0 Å². The molecule has 0 saturated heterocycles. The first-order valence-corrected chi connectivity index (χ1v) is 7.99. The fourth-order valence-electron chi connectivity index (χ4n) is 3.51. The van der Waals surface area contributed by atoms with Gasteiger partial charge in [-0.3, -0.25) is 5.73 Å². The van der Waals surface area contributed by atoms with E-state index in [1.54, 1.807) is 0 Å². The third-order valence-electron chi connectivity index (χ3n) is 4.89. The molecular formula is C16H29NO2. The quantitative estimate of drug-likeness (QED) is 0.530. The third-order valence-corrected chi connectivity index (χ3v) is 4.89. The van der Waals surface area contributed by atoms with Gasteiger partial charge in [-0.15, -0.1) is 0 Å².